The third-order valence-corrected chi connectivity index (χ3v) is 2.87. The van der Waals surface area contributed by atoms with Crippen LogP contribution >= 0.6 is 11.8 Å². The van der Waals surface area contributed by atoms with E-state index in [-0.39, 0.29) is 11.2 Å². The highest BCUT2D eigenvalue weighted by Gasteiger charge is 2.25. The monoisotopic (exact) mass is 223 g/mol. The lowest BCUT2D eigenvalue weighted by molar-refractivity contribution is 0.0854. The number of rotatable bonds is 3. The Bertz CT molecular complexity index is 355. The summed E-state index contributed by atoms with van der Waals surface area (Å²) in [6.45, 7) is 7.86. The second kappa shape index (κ2) is 4.79. The summed E-state index contributed by atoms with van der Waals surface area (Å²) in [5, 5.41) is 0.847. The van der Waals surface area contributed by atoms with E-state index in [4.69, 9.17) is 0 Å². The highest BCUT2D eigenvalue weighted by Crippen LogP contribution is 2.27. The first-order valence-electron chi connectivity index (χ1n) is 5.09. The number of carbonyl (C=O) groups is 1. The van der Waals surface area contributed by atoms with Crippen LogP contribution in [0.3, 0.4) is 0 Å². The van der Waals surface area contributed by atoms with Gasteiger partial charge in [-0.1, -0.05) is 27.7 Å². The van der Waals surface area contributed by atoms with Gasteiger partial charge < -0.3 is 0 Å². The van der Waals surface area contributed by atoms with Crippen LogP contribution in [-0.2, 0) is 0 Å². The largest absolute Gasteiger partial charge is 0.293 e. The zero-order valence-electron chi connectivity index (χ0n) is 9.70. The summed E-state index contributed by atoms with van der Waals surface area (Å²) >= 11 is 1.61. The molecule has 82 valence electrons. The Labute approximate surface area is 95.5 Å². The maximum absolute atomic E-state index is 12.1. The van der Waals surface area contributed by atoms with Crippen LogP contribution in [0.5, 0.6) is 0 Å². The summed E-state index contributed by atoms with van der Waals surface area (Å²) < 4.78 is 0. The lowest BCUT2D eigenvalue weighted by atomic mass is 9.87. The highest BCUT2D eigenvalue weighted by molar-refractivity contribution is 7.99. The minimum Gasteiger partial charge on any atom is -0.293 e. The Morgan fingerprint density at radius 2 is 2.13 bits per heavy atom. The summed E-state index contributed by atoms with van der Waals surface area (Å²) in [5.74, 6) is 1.09. The van der Waals surface area contributed by atoms with E-state index in [9.17, 15) is 4.79 Å². The number of carbonyl (C=O) groups excluding carboxylic acids is 1. The Balaban J connectivity index is 3.08. The molecule has 1 aromatic heterocycles. The van der Waals surface area contributed by atoms with Gasteiger partial charge in [0.2, 0.25) is 0 Å². The summed E-state index contributed by atoms with van der Waals surface area (Å²) in [6.07, 6.45) is 1.73. The first-order valence-corrected chi connectivity index (χ1v) is 6.08. The van der Waals surface area contributed by atoms with Crippen molar-refractivity contribution in [2.75, 3.05) is 5.75 Å². The number of thioether (sulfide) groups is 1. The number of ketones is 1. The second-order valence-electron chi connectivity index (χ2n) is 4.37. The average molecular weight is 223 g/mol. The van der Waals surface area contributed by atoms with Crippen molar-refractivity contribution in [1.82, 2.24) is 4.98 Å². The molecule has 0 N–H and O–H groups in total. The normalized spacial score (nSPS) is 11.5. The molecule has 1 heterocycles. The number of Topliss-reactive ketones (excluding diaryl/α,β-unsaturated/α-hetero) is 1. The minimum atomic E-state index is -0.341. The molecular formula is C12H17NOS. The Morgan fingerprint density at radius 1 is 1.47 bits per heavy atom. The van der Waals surface area contributed by atoms with Gasteiger partial charge in [0.1, 0.15) is 5.03 Å². The molecule has 0 fully saturated rings. The maximum atomic E-state index is 12.1. The van der Waals surface area contributed by atoms with E-state index in [1.807, 2.05) is 32.9 Å². The molecular weight excluding hydrogens is 206 g/mol. The molecule has 0 spiro atoms. The molecule has 1 aromatic rings. The number of hydrogen-bond donors (Lipinski definition) is 0. The molecule has 0 unspecified atom stereocenters. The molecule has 2 nitrogen and oxygen atoms in total. The Hall–Kier alpha value is -0.830. The Morgan fingerprint density at radius 3 is 2.67 bits per heavy atom. The molecule has 0 amide bonds. The van der Waals surface area contributed by atoms with Crippen molar-refractivity contribution in [3.05, 3.63) is 23.9 Å². The third kappa shape index (κ3) is 3.06. The number of pyridine rings is 1. The molecule has 0 bridgehead atoms. The highest BCUT2D eigenvalue weighted by atomic mass is 32.2. The van der Waals surface area contributed by atoms with Gasteiger partial charge in [-0.25, -0.2) is 4.98 Å². The SMILES string of the molecule is CCSc1ncccc1C(=O)C(C)(C)C. The van der Waals surface area contributed by atoms with Gasteiger partial charge >= 0.3 is 0 Å². The van der Waals surface area contributed by atoms with Gasteiger partial charge in [-0.15, -0.1) is 11.8 Å². The summed E-state index contributed by atoms with van der Waals surface area (Å²) in [6, 6.07) is 3.68. The summed E-state index contributed by atoms with van der Waals surface area (Å²) in [7, 11) is 0. The van der Waals surface area contributed by atoms with Crippen molar-refractivity contribution < 1.29 is 4.79 Å². The minimum absolute atomic E-state index is 0.159. The van der Waals surface area contributed by atoms with E-state index in [0.29, 0.717) is 0 Å². The van der Waals surface area contributed by atoms with Crippen molar-refractivity contribution in [3.63, 3.8) is 0 Å². The van der Waals surface area contributed by atoms with E-state index >= 15 is 0 Å². The van der Waals surface area contributed by atoms with Crippen LogP contribution in [0, 0.1) is 5.41 Å². The number of nitrogens with zero attached hydrogens (tertiary/aromatic N) is 1. The number of hydrogen-bond acceptors (Lipinski definition) is 3. The van der Waals surface area contributed by atoms with Crippen molar-refractivity contribution in [3.8, 4) is 0 Å². The zero-order chi connectivity index (χ0) is 11.5. The van der Waals surface area contributed by atoms with Crippen molar-refractivity contribution in [1.29, 1.82) is 0 Å². The maximum Gasteiger partial charge on any atom is 0.170 e. The molecule has 0 aromatic carbocycles. The zero-order valence-corrected chi connectivity index (χ0v) is 10.5. The predicted octanol–water partition coefficient (Wildman–Crippen LogP) is 3.42. The molecule has 0 radical (unpaired) electrons. The van der Waals surface area contributed by atoms with Crippen LogP contribution < -0.4 is 0 Å². The van der Waals surface area contributed by atoms with Gasteiger partial charge in [0, 0.05) is 11.6 Å². The van der Waals surface area contributed by atoms with Gasteiger partial charge in [-0.2, -0.15) is 0 Å². The van der Waals surface area contributed by atoms with Crippen molar-refractivity contribution in [2.45, 2.75) is 32.7 Å². The van der Waals surface area contributed by atoms with Crippen LogP contribution in [-0.4, -0.2) is 16.5 Å². The fraction of sp³-hybridized carbons (Fsp3) is 0.500. The van der Waals surface area contributed by atoms with Crippen LogP contribution in [0.2, 0.25) is 0 Å². The molecule has 0 saturated heterocycles. The van der Waals surface area contributed by atoms with Gasteiger partial charge in [0.25, 0.3) is 0 Å². The van der Waals surface area contributed by atoms with E-state index < -0.39 is 0 Å². The van der Waals surface area contributed by atoms with Crippen LogP contribution in [0.1, 0.15) is 38.1 Å². The van der Waals surface area contributed by atoms with Crippen molar-refractivity contribution in [2.24, 2.45) is 5.41 Å². The van der Waals surface area contributed by atoms with E-state index in [0.717, 1.165) is 16.3 Å². The topological polar surface area (TPSA) is 30.0 Å². The second-order valence-corrected chi connectivity index (χ2v) is 5.62. The van der Waals surface area contributed by atoms with E-state index in [1.165, 1.54) is 0 Å². The fourth-order valence-electron chi connectivity index (χ4n) is 1.22. The van der Waals surface area contributed by atoms with Crippen molar-refractivity contribution >= 4 is 17.5 Å². The molecule has 3 heteroatoms. The first-order chi connectivity index (χ1) is 6.96. The molecule has 0 aliphatic carbocycles. The van der Waals surface area contributed by atoms with Gasteiger partial charge in [0.15, 0.2) is 5.78 Å². The predicted molar refractivity (Wildman–Crippen MR) is 64.4 cm³/mol. The number of aromatic nitrogens is 1. The van der Waals surface area contributed by atoms with Crippen LogP contribution in [0.25, 0.3) is 0 Å². The van der Waals surface area contributed by atoms with Gasteiger partial charge in [-0.3, -0.25) is 4.79 Å². The average Bonchev–Trinajstić information content (AvgIpc) is 2.17. The molecule has 0 atom stereocenters. The molecule has 15 heavy (non-hydrogen) atoms. The molecule has 0 saturated carbocycles. The standard InChI is InChI=1S/C12H17NOS/c1-5-15-11-9(7-6-8-13-11)10(14)12(2,3)4/h6-8H,5H2,1-4H3. The third-order valence-electron chi connectivity index (χ3n) is 1.98. The molecule has 1 rings (SSSR count). The molecule has 0 aliphatic heterocycles. The van der Waals surface area contributed by atoms with Gasteiger partial charge in [-0.05, 0) is 17.9 Å². The fourth-order valence-corrected chi connectivity index (χ4v) is 1.94. The summed E-state index contributed by atoms with van der Waals surface area (Å²) in [4.78, 5) is 16.4. The lowest BCUT2D eigenvalue weighted by Crippen LogP contribution is -2.21. The van der Waals surface area contributed by atoms with Crippen LogP contribution in [0.4, 0.5) is 0 Å². The smallest absolute Gasteiger partial charge is 0.170 e. The summed E-state index contributed by atoms with van der Waals surface area (Å²) in [5.41, 5.74) is 0.406. The molecule has 0 aliphatic rings. The van der Waals surface area contributed by atoms with Crippen LogP contribution in [0.15, 0.2) is 23.4 Å². The quantitative estimate of drug-likeness (QED) is 0.581. The first kappa shape index (κ1) is 12.2. The van der Waals surface area contributed by atoms with E-state index in [1.54, 1.807) is 18.0 Å². The lowest BCUT2D eigenvalue weighted by Gasteiger charge is -2.17. The van der Waals surface area contributed by atoms with E-state index in [2.05, 4.69) is 11.9 Å². The Kier molecular flexibility index (Phi) is 3.91. The van der Waals surface area contributed by atoms with Gasteiger partial charge in [0.05, 0.1) is 5.56 Å².